The lowest BCUT2D eigenvalue weighted by molar-refractivity contribution is 0.262. The van der Waals surface area contributed by atoms with E-state index < -0.39 is 0 Å². The molecule has 0 aliphatic rings. The fourth-order valence-electron chi connectivity index (χ4n) is 2.14. The molecule has 1 aromatic heterocycles. The summed E-state index contributed by atoms with van der Waals surface area (Å²) in [6.07, 6.45) is 0. The van der Waals surface area contributed by atoms with Gasteiger partial charge in [0.05, 0.1) is 12.1 Å². The van der Waals surface area contributed by atoms with Gasteiger partial charge in [0.2, 0.25) is 0 Å². The number of nitrogens with one attached hydrogen (secondary N) is 2. The SMILES string of the molecule is COc1cccc(-c2ccc(NC(=O)Nc3ccc(Cl)cc3)s2)c1. The molecule has 0 aliphatic heterocycles. The fourth-order valence-corrected chi connectivity index (χ4v) is 3.17. The van der Waals surface area contributed by atoms with Crippen LogP contribution in [0.15, 0.2) is 60.7 Å². The van der Waals surface area contributed by atoms with Crippen LogP contribution in [0.4, 0.5) is 15.5 Å². The number of urea groups is 1. The standard InChI is InChI=1S/C18H15ClN2O2S/c1-23-15-4-2-3-12(11-15)16-9-10-17(24-16)21-18(22)20-14-7-5-13(19)6-8-14/h2-11H,1H3,(H2,20,21,22). The van der Waals surface area contributed by atoms with Crippen molar-refractivity contribution in [3.05, 3.63) is 65.7 Å². The van der Waals surface area contributed by atoms with Crippen LogP contribution in [0, 0.1) is 0 Å². The van der Waals surface area contributed by atoms with E-state index in [4.69, 9.17) is 16.3 Å². The highest BCUT2D eigenvalue weighted by molar-refractivity contribution is 7.19. The van der Waals surface area contributed by atoms with Crippen molar-refractivity contribution < 1.29 is 9.53 Å². The van der Waals surface area contributed by atoms with Crippen LogP contribution in [0.1, 0.15) is 0 Å². The Morgan fingerprint density at radius 2 is 1.83 bits per heavy atom. The van der Waals surface area contributed by atoms with Crippen LogP contribution in [-0.2, 0) is 0 Å². The van der Waals surface area contributed by atoms with Crippen molar-refractivity contribution >= 4 is 39.7 Å². The Hall–Kier alpha value is -2.50. The number of methoxy groups -OCH3 is 1. The van der Waals surface area contributed by atoms with Crippen LogP contribution < -0.4 is 15.4 Å². The maximum Gasteiger partial charge on any atom is 0.324 e. The second-order valence-corrected chi connectivity index (χ2v) is 6.50. The van der Waals surface area contributed by atoms with Crippen LogP contribution in [0.25, 0.3) is 10.4 Å². The molecule has 0 radical (unpaired) electrons. The zero-order valence-corrected chi connectivity index (χ0v) is 14.4. The van der Waals surface area contributed by atoms with Crippen LogP contribution in [0.2, 0.25) is 5.02 Å². The third kappa shape index (κ3) is 4.07. The van der Waals surface area contributed by atoms with Gasteiger partial charge in [-0.2, -0.15) is 0 Å². The Kier molecular flexibility index (Phi) is 5.03. The van der Waals surface area contributed by atoms with Crippen molar-refractivity contribution in [2.75, 3.05) is 17.7 Å². The van der Waals surface area contributed by atoms with E-state index in [2.05, 4.69) is 10.6 Å². The quantitative estimate of drug-likeness (QED) is 0.626. The Labute approximate surface area is 149 Å². The summed E-state index contributed by atoms with van der Waals surface area (Å²) < 4.78 is 5.24. The maximum atomic E-state index is 12.0. The molecule has 0 atom stereocenters. The molecule has 0 saturated carbocycles. The summed E-state index contributed by atoms with van der Waals surface area (Å²) in [5.74, 6) is 0.802. The molecule has 122 valence electrons. The van der Waals surface area contributed by atoms with Gasteiger partial charge < -0.3 is 10.1 Å². The van der Waals surface area contributed by atoms with Gasteiger partial charge in [-0.25, -0.2) is 4.79 Å². The first-order valence-electron chi connectivity index (χ1n) is 7.22. The summed E-state index contributed by atoms with van der Waals surface area (Å²) in [6.45, 7) is 0. The number of hydrogen-bond acceptors (Lipinski definition) is 3. The van der Waals surface area contributed by atoms with Crippen molar-refractivity contribution in [1.29, 1.82) is 0 Å². The number of carbonyl (C=O) groups is 1. The van der Waals surface area contributed by atoms with Crippen LogP contribution >= 0.6 is 22.9 Å². The highest BCUT2D eigenvalue weighted by atomic mass is 35.5. The van der Waals surface area contributed by atoms with Crippen molar-refractivity contribution in [3.63, 3.8) is 0 Å². The maximum absolute atomic E-state index is 12.0. The number of halogens is 1. The third-order valence-electron chi connectivity index (χ3n) is 3.30. The monoisotopic (exact) mass is 358 g/mol. The molecule has 2 amide bonds. The van der Waals surface area contributed by atoms with E-state index in [1.807, 2.05) is 36.4 Å². The van der Waals surface area contributed by atoms with Crippen molar-refractivity contribution in [1.82, 2.24) is 0 Å². The minimum Gasteiger partial charge on any atom is -0.497 e. The number of amides is 2. The molecule has 2 aromatic carbocycles. The number of benzene rings is 2. The predicted octanol–water partition coefficient (Wildman–Crippen LogP) is 5.72. The molecule has 6 heteroatoms. The van der Waals surface area contributed by atoms with Gasteiger partial charge >= 0.3 is 6.03 Å². The Balaban J connectivity index is 1.67. The van der Waals surface area contributed by atoms with E-state index in [9.17, 15) is 4.79 Å². The summed E-state index contributed by atoms with van der Waals surface area (Å²) in [7, 11) is 1.64. The molecule has 0 spiro atoms. The minimum atomic E-state index is -0.295. The Morgan fingerprint density at radius 1 is 1.04 bits per heavy atom. The molecule has 4 nitrogen and oxygen atoms in total. The molecule has 3 aromatic rings. The van der Waals surface area contributed by atoms with Crippen molar-refractivity contribution in [2.24, 2.45) is 0 Å². The van der Waals surface area contributed by atoms with Gasteiger partial charge in [-0.1, -0.05) is 23.7 Å². The van der Waals surface area contributed by atoms with Gasteiger partial charge in [-0.3, -0.25) is 5.32 Å². The summed E-state index contributed by atoms with van der Waals surface area (Å²) in [5, 5.41) is 6.98. The van der Waals surface area contributed by atoms with E-state index >= 15 is 0 Å². The topological polar surface area (TPSA) is 50.4 Å². The zero-order chi connectivity index (χ0) is 16.9. The lowest BCUT2D eigenvalue weighted by Gasteiger charge is -2.06. The number of thiophene rings is 1. The average molecular weight is 359 g/mol. The van der Waals surface area contributed by atoms with Crippen LogP contribution in [0.5, 0.6) is 5.75 Å². The molecular formula is C18H15ClN2O2S. The first-order chi connectivity index (χ1) is 11.6. The highest BCUT2D eigenvalue weighted by Gasteiger charge is 2.07. The van der Waals surface area contributed by atoms with E-state index in [1.165, 1.54) is 11.3 Å². The molecule has 1 heterocycles. The molecular weight excluding hydrogens is 344 g/mol. The average Bonchev–Trinajstić information content (AvgIpc) is 3.05. The third-order valence-corrected chi connectivity index (χ3v) is 4.60. The van der Waals surface area contributed by atoms with E-state index in [0.29, 0.717) is 10.7 Å². The summed E-state index contributed by atoms with van der Waals surface area (Å²) >= 11 is 7.32. The molecule has 24 heavy (non-hydrogen) atoms. The second-order valence-electron chi connectivity index (χ2n) is 4.98. The first kappa shape index (κ1) is 16.4. The number of hydrogen-bond donors (Lipinski definition) is 2. The van der Waals surface area contributed by atoms with E-state index in [-0.39, 0.29) is 6.03 Å². The molecule has 0 bridgehead atoms. The number of ether oxygens (including phenoxy) is 1. The summed E-state index contributed by atoms with van der Waals surface area (Å²) in [6, 6.07) is 18.3. The second kappa shape index (κ2) is 7.38. The minimum absolute atomic E-state index is 0.295. The lowest BCUT2D eigenvalue weighted by Crippen LogP contribution is -2.18. The molecule has 0 saturated heterocycles. The summed E-state index contributed by atoms with van der Waals surface area (Å²) in [5.41, 5.74) is 1.73. The zero-order valence-electron chi connectivity index (χ0n) is 12.9. The van der Waals surface area contributed by atoms with E-state index in [1.54, 1.807) is 31.4 Å². The lowest BCUT2D eigenvalue weighted by atomic mass is 10.2. The Bertz CT molecular complexity index is 846. The van der Waals surface area contributed by atoms with Gasteiger partial charge in [0.15, 0.2) is 0 Å². The molecule has 2 N–H and O–H groups in total. The van der Waals surface area contributed by atoms with Crippen molar-refractivity contribution in [3.8, 4) is 16.2 Å². The largest absolute Gasteiger partial charge is 0.497 e. The molecule has 0 fully saturated rings. The van der Waals surface area contributed by atoms with Gasteiger partial charge in [0.25, 0.3) is 0 Å². The molecule has 0 aliphatic carbocycles. The van der Waals surface area contributed by atoms with Crippen molar-refractivity contribution in [2.45, 2.75) is 0 Å². The first-order valence-corrected chi connectivity index (χ1v) is 8.41. The van der Waals surface area contributed by atoms with Gasteiger partial charge in [0, 0.05) is 15.6 Å². The summed E-state index contributed by atoms with van der Waals surface area (Å²) in [4.78, 5) is 13.1. The van der Waals surface area contributed by atoms with Crippen LogP contribution in [-0.4, -0.2) is 13.1 Å². The normalized spacial score (nSPS) is 10.2. The Morgan fingerprint density at radius 3 is 2.58 bits per heavy atom. The predicted molar refractivity (Wildman–Crippen MR) is 100 cm³/mol. The number of rotatable bonds is 4. The van der Waals surface area contributed by atoms with Gasteiger partial charge in [-0.15, -0.1) is 11.3 Å². The van der Waals surface area contributed by atoms with E-state index in [0.717, 1.165) is 21.2 Å². The van der Waals surface area contributed by atoms with Crippen LogP contribution in [0.3, 0.4) is 0 Å². The smallest absolute Gasteiger partial charge is 0.324 e. The highest BCUT2D eigenvalue weighted by Crippen LogP contribution is 2.33. The number of carbonyl (C=O) groups excluding carboxylic acids is 1. The fraction of sp³-hybridized carbons (Fsp3) is 0.0556. The van der Waals surface area contributed by atoms with Gasteiger partial charge in [-0.05, 0) is 54.1 Å². The van der Waals surface area contributed by atoms with Gasteiger partial charge in [0.1, 0.15) is 5.75 Å². The molecule has 3 rings (SSSR count). The molecule has 0 unspecified atom stereocenters. The number of anilines is 2.